The van der Waals surface area contributed by atoms with Gasteiger partial charge in [0.2, 0.25) is 0 Å². The summed E-state index contributed by atoms with van der Waals surface area (Å²) < 4.78 is 5.20. The van der Waals surface area contributed by atoms with Crippen molar-refractivity contribution >= 4 is 11.8 Å². The van der Waals surface area contributed by atoms with E-state index in [2.05, 4.69) is 6.58 Å². The van der Waals surface area contributed by atoms with E-state index in [9.17, 15) is 14.7 Å². The Morgan fingerprint density at radius 1 is 0.958 bits per heavy atom. The van der Waals surface area contributed by atoms with Crippen LogP contribution in [-0.2, 0) is 9.53 Å². The number of benzene rings is 2. The molecule has 0 unspecified atom stereocenters. The molecule has 0 aromatic heterocycles. The second-order valence-electron chi connectivity index (χ2n) is 5.39. The number of esters is 1. The number of ether oxygens (including phenoxy) is 1. The van der Waals surface area contributed by atoms with Gasteiger partial charge in [-0.1, -0.05) is 30.8 Å². The van der Waals surface area contributed by atoms with Crippen molar-refractivity contribution in [3.05, 3.63) is 66.7 Å². The van der Waals surface area contributed by atoms with E-state index in [1.54, 1.807) is 24.3 Å². The summed E-state index contributed by atoms with van der Waals surface area (Å²) in [7, 11) is 0. The van der Waals surface area contributed by atoms with Crippen molar-refractivity contribution in [1.82, 2.24) is 0 Å². The second kappa shape index (κ2) is 8.67. The number of hydrogen-bond acceptors (Lipinski definition) is 4. The summed E-state index contributed by atoms with van der Waals surface area (Å²) in [6.45, 7) is 3.71. The molecule has 0 saturated heterocycles. The Balaban J connectivity index is 1.84. The zero-order chi connectivity index (χ0) is 17.4. The predicted molar refractivity (Wildman–Crippen MR) is 92.9 cm³/mol. The largest absolute Gasteiger partial charge is 0.508 e. The van der Waals surface area contributed by atoms with Crippen molar-refractivity contribution in [3.63, 3.8) is 0 Å². The van der Waals surface area contributed by atoms with E-state index in [4.69, 9.17) is 4.74 Å². The standard InChI is InChI=1S/C20H20O4/c1-2-18(21)5-3-4-14-24-20(23)17-8-6-15(7-9-17)16-10-12-19(22)13-11-16/h2,6-13,22H,1,3-5,14H2. The molecule has 0 saturated carbocycles. The second-order valence-corrected chi connectivity index (χ2v) is 5.39. The van der Waals surface area contributed by atoms with Crippen LogP contribution in [0, 0.1) is 0 Å². The highest BCUT2D eigenvalue weighted by Crippen LogP contribution is 2.22. The van der Waals surface area contributed by atoms with Crippen LogP contribution < -0.4 is 0 Å². The lowest BCUT2D eigenvalue weighted by Crippen LogP contribution is -2.06. The Morgan fingerprint density at radius 2 is 1.54 bits per heavy atom. The van der Waals surface area contributed by atoms with Gasteiger partial charge in [-0.25, -0.2) is 4.79 Å². The lowest BCUT2D eigenvalue weighted by molar-refractivity contribution is -0.114. The summed E-state index contributed by atoms with van der Waals surface area (Å²) in [5, 5.41) is 9.30. The first-order valence-electron chi connectivity index (χ1n) is 7.82. The molecule has 4 nitrogen and oxygen atoms in total. The van der Waals surface area contributed by atoms with Crippen molar-refractivity contribution in [2.24, 2.45) is 0 Å². The van der Waals surface area contributed by atoms with Crippen LogP contribution in [0.1, 0.15) is 29.6 Å². The highest BCUT2D eigenvalue weighted by atomic mass is 16.5. The average Bonchev–Trinajstić information content (AvgIpc) is 2.62. The molecule has 0 aliphatic carbocycles. The molecule has 2 aromatic rings. The predicted octanol–water partition coefficient (Wildman–Crippen LogP) is 4.14. The molecule has 0 spiro atoms. The van der Waals surface area contributed by atoms with Crippen LogP contribution in [0.25, 0.3) is 11.1 Å². The number of rotatable bonds is 8. The summed E-state index contributed by atoms with van der Waals surface area (Å²) in [5.74, 6) is -0.151. The van der Waals surface area contributed by atoms with Gasteiger partial charge in [0, 0.05) is 6.42 Å². The molecule has 0 amide bonds. The number of carbonyl (C=O) groups is 2. The lowest BCUT2D eigenvalue weighted by atomic mass is 10.0. The van der Waals surface area contributed by atoms with Gasteiger partial charge >= 0.3 is 5.97 Å². The molecule has 0 heterocycles. The van der Waals surface area contributed by atoms with Crippen molar-refractivity contribution in [3.8, 4) is 16.9 Å². The fourth-order valence-electron chi connectivity index (χ4n) is 2.20. The van der Waals surface area contributed by atoms with E-state index in [0.717, 1.165) is 11.1 Å². The summed E-state index contributed by atoms with van der Waals surface area (Å²) in [5.41, 5.74) is 2.40. The van der Waals surface area contributed by atoms with Crippen LogP contribution in [0.5, 0.6) is 5.75 Å². The van der Waals surface area contributed by atoms with Crippen LogP contribution in [0.15, 0.2) is 61.2 Å². The highest BCUT2D eigenvalue weighted by Gasteiger charge is 2.07. The van der Waals surface area contributed by atoms with Crippen LogP contribution in [-0.4, -0.2) is 23.5 Å². The minimum Gasteiger partial charge on any atom is -0.508 e. The van der Waals surface area contributed by atoms with E-state index in [1.807, 2.05) is 24.3 Å². The number of allylic oxidation sites excluding steroid dienone is 1. The maximum absolute atomic E-state index is 12.0. The van der Waals surface area contributed by atoms with Crippen LogP contribution >= 0.6 is 0 Å². The molecule has 124 valence electrons. The number of aromatic hydroxyl groups is 1. The molecule has 2 rings (SSSR count). The maximum Gasteiger partial charge on any atom is 0.338 e. The average molecular weight is 324 g/mol. The monoisotopic (exact) mass is 324 g/mol. The van der Waals surface area contributed by atoms with Gasteiger partial charge < -0.3 is 9.84 Å². The number of phenolic OH excluding ortho intramolecular Hbond substituents is 1. The smallest absolute Gasteiger partial charge is 0.338 e. The molecule has 24 heavy (non-hydrogen) atoms. The van der Waals surface area contributed by atoms with E-state index < -0.39 is 0 Å². The number of unbranched alkanes of at least 4 members (excludes halogenated alkanes) is 1. The molecule has 0 aliphatic rings. The maximum atomic E-state index is 12.0. The molecule has 0 radical (unpaired) electrons. The van der Waals surface area contributed by atoms with E-state index >= 15 is 0 Å². The minimum absolute atomic E-state index is 0.00569. The van der Waals surface area contributed by atoms with E-state index in [-0.39, 0.29) is 17.5 Å². The fourth-order valence-corrected chi connectivity index (χ4v) is 2.20. The van der Waals surface area contributed by atoms with Crippen molar-refractivity contribution in [2.75, 3.05) is 6.61 Å². The summed E-state index contributed by atoms with van der Waals surface area (Å²) in [4.78, 5) is 23.0. The van der Waals surface area contributed by atoms with Gasteiger partial charge in [0.1, 0.15) is 5.75 Å². The third-order valence-corrected chi connectivity index (χ3v) is 3.60. The summed E-state index contributed by atoms with van der Waals surface area (Å²) in [6.07, 6.45) is 3.07. The Morgan fingerprint density at radius 3 is 2.12 bits per heavy atom. The Bertz CT molecular complexity index is 699. The summed E-state index contributed by atoms with van der Waals surface area (Å²) >= 11 is 0. The van der Waals surface area contributed by atoms with Crippen molar-refractivity contribution in [2.45, 2.75) is 19.3 Å². The molecular weight excluding hydrogens is 304 g/mol. The van der Waals surface area contributed by atoms with Crippen molar-refractivity contribution in [1.29, 1.82) is 0 Å². The summed E-state index contributed by atoms with van der Waals surface area (Å²) in [6, 6.07) is 14.0. The first-order chi connectivity index (χ1) is 11.6. The molecule has 1 N–H and O–H groups in total. The molecule has 0 atom stereocenters. The van der Waals surface area contributed by atoms with Gasteiger partial charge in [-0.2, -0.15) is 0 Å². The first-order valence-corrected chi connectivity index (χ1v) is 7.82. The third-order valence-electron chi connectivity index (χ3n) is 3.60. The zero-order valence-corrected chi connectivity index (χ0v) is 13.4. The number of phenols is 1. The van der Waals surface area contributed by atoms with Gasteiger partial charge in [-0.05, 0) is 54.3 Å². The number of hydrogen-bond donors (Lipinski definition) is 1. The Hall–Kier alpha value is -2.88. The Kier molecular flexibility index (Phi) is 6.32. The van der Waals surface area contributed by atoms with Crippen LogP contribution in [0.2, 0.25) is 0 Å². The topological polar surface area (TPSA) is 63.6 Å². The molecule has 4 heteroatoms. The van der Waals surface area contributed by atoms with Gasteiger partial charge in [-0.15, -0.1) is 0 Å². The van der Waals surface area contributed by atoms with E-state index in [0.29, 0.717) is 31.4 Å². The molecule has 0 bridgehead atoms. The normalized spacial score (nSPS) is 10.2. The minimum atomic E-state index is -0.373. The van der Waals surface area contributed by atoms with Crippen LogP contribution in [0.4, 0.5) is 0 Å². The first kappa shape index (κ1) is 17.5. The van der Waals surface area contributed by atoms with Gasteiger partial charge in [0.05, 0.1) is 12.2 Å². The zero-order valence-electron chi connectivity index (χ0n) is 13.4. The molecule has 2 aromatic carbocycles. The molecule has 0 aliphatic heterocycles. The molecule has 0 fully saturated rings. The third kappa shape index (κ3) is 5.09. The van der Waals surface area contributed by atoms with Gasteiger partial charge in [0.15, 0.2) is 5.78 Å². The number of ketones is 1. The van der Waals surface area contributed by atoms with Gasteiger partial charge in [0.25, 0.3) is 0 Å². The van der Waals surface area contributed by atoms with Crippen molar-refractivity contribution < 1.29 is 19.4 Å². The quantitative estimate of drug-likeness (QED) is 0.450. The fraction of sp³-hybridized carbons (Fsp3) is 0.200. The number of carbonyl (C=O) groups excluding carboxylic acids is 2. The van der Waals surface area contributed by atoms with Crippen LogP contribution in [0.3, 0.4) is 0 Å². The SMILES string of the molecule is C=CC(=O)CCCCOC(=O)c1ccc(-c2ccc(O)cc2)cc1. The van der Waals surface area contributed by atoms with Gasteiger partial charge in [-0.3, -0.25) is 4.79 Å². The molecular formula is C20H20O4. The lowest BCUT2D eigenvalue weighted by Gasteiger charge is -2.06. The highest BCUT2D eigenvalue weighted by molar-refractivity contribution is 5.90. The Labute approximate surface area is 141 Å². The van der Waals surface area contributed by atoms with E-state index in [1.165, 1.54) is 6.08 Å².